The molecule has 0 bridgehead atoms. The van der Waals surface area contributed by atoms with Gasteiger partial charge in [0.1, 0.15) is 0 Å². The quantitative estimate of drug-likeness (QED) is 0.214. The van der Waals surface area contributed by atoms with Crippen LogP contribution in [0, 0.1) is 0 Å². The Kier molecular flexibility index (Phi) is 9.32. The van der Waals surface area contributed by atoms with Gasteiger partial charge in [0.15, 0.2) is 0 Å². The van der Waals surface area contributed by atoms with Crippen LogP contribution in [0.1, 0.15) is 0 Å². The molecule has 30 heteroatoms. The van der Waals surface area contributed by atoms with Gasteiger partial charge in [-0.25, -0.2) is 8.42 Å². The first-order valence-electron chi connectivity index (χ1n) is 7.85. The molecule has 0 aromatic heterocycles. The predicted molar refractivity (Wildman–Crippen MR) is 81.9 cm³/mol. The van der Waals surface area contributed by atoms with E-state index in [2.05, 4.69) is 15.4 Å². The van der Waals surface area contributed by atoms with E-state index in [1.54, 1.807) is 0 Å². The number of nitrogens with one attached hydrogen (secondary N) is 1. The molecule has 0 fully saturated rings. The maximum absolute atomic E-state index is 13.6. The first-order valence-corrected chi connectivity index (χ1v) is 11.7. The van der Waals surface area contributed by atoms with Crippen LogP contribution in [0.5, 0.6) is 0 Å². The lowest BCUT2D eigenvalue weighted by Gasteiger charge is -2.42. The van der Waals surface area contributed by atoms with Crippen molar-refractivity contribution in [2.45, 2.75) is 59.1 Å². The molecular formula is C10H2F21NO5S3. The Morgan fingerprint density at radius 2 is 0.800 bits per heavy atom. The van der Waals surface area contributed by atoms with Crippen LogP contribution in [-0.2, 0) is 34.4 Å². The highest BCUT2D eigenvalue weighted by Crippen LogP contribution is 2.64. The summed E-state index contributed by atoms with van der Waals surface area (Å²) in [5.74, 6) is -54.4. The number of sulfonamides is 1. The Bertz CT molecular complexity index is 1170. The molecule has 2 N–H and O–H groups in total. The van der Waals surface area contributed by atoms with Crippen molar-refractivity contribution in [1.29, 1.82) is 0 Å². The molecule has 0 rings (SSSR count). The van der Waals surface area contributed by atoms with E-state index in [-0.39, 0.29) is 0 Å². The third kappa shape index (κ3) is 5.57. The summed E-state index contributed by atoms with van der Waals surface area (Å²) in [5.41, 5.74) is 0. The largest absolute Gasteiger partial charge is 0.460 e. The zero-order valence-electron chi connectivity index (χ0n) is 16.7. The Morgan fingerprint density at radius 3 is 1.07 bits per heavy atom. The predicted octanol–water partition coefficient (Wildman–Crippen LogP) is 5.21. The highest BCUT2D eigenvalue weighted by atomic mass is 32.9. The maximum atomic E-state index is 13.6. The van der Waals surface area contributed by atoms with Crippen LogP contribution in [0.25, 0.3) is 0 Å². The fourth-order valence-electron chi connectivity index (χ4n) is 1.80. The highest BCUT2D eigenvalue weighted by molar-refractivity contribution is 8.27. The second-order valence-corrected chi connectivity index (χ2v) is 10.7. The van der Waals surface area contributed by atoms with Gasteiger partial charge < -0.3 is 0 Å². The van der Waals surface area contributed by atoms with Crippen molar-refractivity contribution in [1.82, 2.24) is 4.72 Å². The molecule has 0 radical (unpaired) electrons. The lowest BCUT2D eigenvalue weighted by molar-refractivity contribution is -0.458. The number of hydrogen-bond acceptors (Lipinski definition) is 5. The SMILES string of the molecule is O=S(=O)(NC(F)(F)C(F)(F)OS(=O)(O)=S)C(F)(F)C(F)(F)C(F)(F)C(F)(F)C(F)(F)C(F)(F)C(F)(F)C(F)(F)F. The van der Waals surface area contributed by atoms with Gasteiger partial charge in [0.25, 0.3) is 19.1 Å². The minimum atomic E-state index is -9.30. The summed E-state index contributed by atoms with van der Waals surface area (Å²) in [7, 11) is -15.0. The summed E-state index contributed by atoms with van der Waals surface area (Å²) >= 11 is 3.04. The molecule has 1 atom stereocenters. The van der Waals surface area contributed by atoms with Crippen LogP contribution < -0.4 is 4.72 Å². The Hall–Kier alpha value is -1.27. The molecule has 0 saturated carbocycles. The van der Waals surface area contributed by atoms with Crippen LogP contribution in [0.4, 0.5) is 92.2 Å². The summed E-state index contributed by atoms with van der Waals surface area (Å²) in [6, 6.07) is -7.32. The summed E-state index contributed by atoms with van der Waals surface area (Å²) in [4.78, 5) is 0. The van der Waals surface area contributed by atoms with Gasteiger partial charge in [-0.05, 0) is 0 Å². The monoisotopic (exact) mass is 711 g/mol. The molecule has 242 valence electrons. The average Bonchev–Trinajstić information content (AvgIpc) is 2.62. The smallest absolute Gasteiger partial charge is 0.285 e. The van der Waals surface area contributed by atoms with Gasteiger partial charge in [-0.1, -0.05) is 0 Å². The molecule has 0 amide bonds. The zero-order valence-corrected chi connectivity index (χ0v) is 19.2. The number of hydrogen-bond donors (Lipinski definition) is 2. The molecule has 0 aliphatic carbocycles. The van der Waals surface area contributed by atoms with Crippen LogP contribution >= 0.6 is 0 Å². The second-order valence-electron chi connectivity index (χ2n) is 6.67. The average molecular weight is 711 g/mol. The van der Waals surface area contributed by atoms with Gasteiger partial charge in [-0.3, -0.25) is 4.55 Å². The van der Waals surface area contributed by atoms with Crippen molar-refractivity contribution in [2.24, 2.45) is 0 Å². The Morgan fingerprint density at radius 1 is 0.525 bits per heavy atom. The van der Waals surface area contributed by atoms with E-state index in [9.17, 15) is 105 Å². The minimum absolute atomic E-state index is 1.65. The molecule has 0 aromatic rings. The molecule has 0 spiro atoms. The standard InChI is InChI=1S/C10H2F21NO5S3/c11-1(12,3(15,16)5(19,20)7(23,24)25)2(13,14)4(17,18)6(21,22)10(30,31)39(33,34)32-8(26,27)9(28,29)37-40(35,36)38/h32H,(H,35,36,38). The van der Waals surface area contributed by atoms with Crippen molar-refractivity contribution in [2.75, 3.05) is 0 Å². The van der Waals surface area contributed by atoms with Gasteiger partial charge in [-0.15, -0.1) is 4.72 Å². The highest BCUT2D eigenvalue weighted by Gasteiger charge is 2.96. The third-order valence-electron chi connectivity index (χ3n) is 3.87. The first kappa shape index (κ1) is 38.7. The molecule has 0 aromatic carbocycles. The zero-order chi connectivity index (χ0) is 33.4. The van der Waals surface area contributed by atoms with E-state index in [4.69, 9.17) is 4.55 Å². The summed E-state index contributed by atoms with van der Waals surface area (Å²) in [5, 5.41) is -8.63. The van der Waals surface area contributed by atoms with Gasteiger partial charge >= 0.3 is 59.1 Å². The van der Waals surface area contributed by atoms with Crippen LogP contribution in [0.3, 0.4) is 0 Å². The van der Waals surface area contributed by atoms with Crippen LogP contribution in [0.15, 0.2) is 0 Å². The number of alkyl halides is 21. The molecule has 0 aliphatic heterocycles. The van der Waals surface area contributed by atoms with Crippen LogP contribution in [-0.4, -0.2) is 76.3 Å². The van der Waals surface area contributed by atoms with Gasteiger partial charge in [0.2, 0.25) is 0 Å². The van der Waals surface area contributed by atoms with E-state index >= 15 is 0 Å². The van der Waals surface area contributed by atoms with Gasteiger partial charge in [0, 0.05) is 11.2 Å². The normalized spacial score (nSPS) is 18.1. The van der Waals surface area contributed by atoms with Crippen molar-refractivity contribution in [3.8, 4) is 0 Å². The molecule has 40 heavy (non-hydrogen) atoms. The number of halogens is 21. The molecule has 1 unspecified atom stereocenters. The number of rotatable bonds is 12. The lowest BCUT2D eigenvalue weighted by atomic mass is 9.91. The summed E-state index contributed by atoms with van der Waals surface area (Å²) in [6.45, 7) is 0. The van der Waals surface area contributed by atoms with Crippen molar-refractivity contribution >= 4 is 30.3 Å². The molecule has 0 heterocycles. The van der Waals surface area contributed by atoms with Crippen molar-refractivity contribution < 1.29 is 114 Å². The van der Waals surface area contributed by atoms with E-state index < -0.39 is 82.9 Å². The molecule has 6 nitrogen and oxygen atoms in total. The first-order chi connectivity index (χ1) is 16.7. The Balaban J connectivity index is 7.04. The Labute approximate surface area is 208 Å². The van der Waals surface area contributed by atoms with E-state index in [1.807, 2.05) is 0 Å². The topological polar surface area (TPSA) is 92.7 Å². The van der Waals surface area contributed by atoms with Crippen molar-refractivity contribution in [3.63, 3.8) is 0 Å². The molecule has 0 aliphatic rings. The van der Waals surface area contributed by atoms with Crippen LogP contribution in [0.2, 0.25) is 0 Å². The summed E-state index contributed by atoms with van der Waals surface area (Å²) in [6.07, 6.45) is -15.1. The maximum Gasteiger partial charge on any atom is 0.460 e. The molecule has 0 saturated heterocycles. The van der Waals surface area contributed by atoms with E-state index in [0.29, 0.717) is 0 Å². The minimum Gasteiger partial charge on any atom is -0.285 e. The second kappa shape index (κ2) is 9.62. The molecular weight excluding hydrogens is 709 g/mol. The van der Waals surface area contributed by atoms with Gasteiger partial charge in [0.05, 0.1) is 0 Å². The fraction of sp³-hybridized carbons (Fsp3) is 1.00. The lowest BCUT2D eigenvalue weighted by Crippen LogP contribution is -2.75. The fourth-order valence-corrected chi connectivity index (χ4v) is 3.47. The summed E-state index contributed by atoms with van der Waals surface area (Å²) < 4.78 is 316. The third-order valence-corrected chi connectivity index (χ3v) is 5.95. The van der Waals surface area contributed by atoms with E-state index in [1.165, 1.54) is 0 Å². The van der Waals surface area contributed by atoms with Gasteiger partial charge in [-0.2, -0.15) is 101 Å². The van der Waals surface area contributed by atoms with E-state index in [0.717, 1.165) is 0 Å². The van der Waals surface area contributed by atoms with Crippen molar-refractivity contribution in [3.05, 3.63) is 0 Å².